The van der Waals surface area contributed by atoms with Crippen LogP contribution in [0.2, 0.25) is 0 Å². The van der Waals surface area contributed by atoms with Gasteiger partial charge in [-0.05, 0) is 19.8 Å². The molecule has 7 nitrogen and oxygen atoms in total. The van der Waals surface area contributed by atoms with Crippen molar-refractivity contribution in [1.29, 1.82) is 0 Å². The largest absolute Gasteiger partial charge is 0.395 e. The number of nitrogen functional groups attached to an aromatic ring is 1. The lowest BCUT2D eigenvalue weighted by Crippen LogP contribution is -2.50. The van der Waals surface area contributed by atoms with Crippen molar-refractivity contribution in [1.82, 2.24) is 20.4 Å². The monoisotopic (exact) mass is 251 g/mol. The highest BCUT2D eigenvalue weighted by Crippen LogP contribution is 2.15. The normalized spacial score (nSPS) is 19.4. The molecule has 0 aromatic carbocycles. The van der Waals surface area contributed by atoms with Gasteiger partial charge in [-0.1, -0.05) is 0 Å². The van der Waals surface area contributed by atoms with Crippen LogP contribution in [0.4, 0.5) is 5.69 Å². The Morgan fingerprint density at radius 3 is 2.89 bits per heavy atom. The lowest BCUT2D eigenvalue weighted by molar-refractivity contribution is -0.124. The molecule has 1 aliphatic heterocycles. The predicted molar refractivity (Wildman–Crippen MR) is 65.9 cm³/mol. The number of piperidine rings is 1. The number of aromatic nitrogens is 2. The molecule has 1 aromatic rings. The SMILES string of the molecule is Cc1nn(C)c(C(=O)NC2CCCNC2=O)c1N. The summed E-state index contributed by atoms with van der Waals surface area (Å²) in [6.45, 7) is 2.40. The number of amides is 2. The molecule has 0 spiro atoms. The first-order valence-corrected chi connectivity index (χ1v) is 5.88. The van der Waals surface area contributed by atoms with Gasteiger partial charge in [0.2, 0.25) is 5.91 Å². The topological polar surface area (TPSA) is 102 Å². The van der Waals surface area contributed by atoms with E-state index in [0.717, 1.165) is 6.42 Å². The number of rotatable bonds is 2. The van der Waals surface area contributed by atoms with Gasteiger partial charge >= 0.3 is 0 Å². The van der Waals surface area contributed by atoms with Crippen molar-refractivity contribution >= 4 is 17.5 Å². The minimum atomic E-state index is -0.485. The Hall–Kier alpha value is -2.05. The molecule has 1 aromatic heterocycles. The molecule has 1 fully saturated rings. The zero-order chi connectivity index (χ0) is 13.3. The second-order valence-corrected chi connectivity index (χ2v) is 4.43. The number of hydrogen-bond acceptors (Lipinski definition) is 4. The van der Waals surface area contributed by atoms with E-state index in [0.29, 0.717) is 30.0 Å². The van der Waals surface area contributed by atoms with E-state index in [1.165, 1.54) is 4.68 Å². The van der Waals surface area contributed by atoms with E-state index >= 15 is 0 Å². The number of carbonyl (C=O) groups excluding carboxylic acids is 2. The molecule has 0 radical (unpaired) electrons. The van der Waals surface area contributed by atoms with Crippen LogP contribution in [0.1, 0.15) is 29.0 Å². The summed E-state index contributed by atoms with van der Waals surface area (Å²) in [4.78, 5) is 23.6. The van der Waals surface area contributed by atoms with Crippen molar-refractivity contribution in [3.05, 3.63) is 11.4 Å². The van der Waals surface area contributed by atoms with Crippen molar-refractivity contribution in [2.24, 2.45) is 7.05 Å². The van der Waals surface area contributed by atoms with E-state index in [-0.39, 0.29) is 11.8 Å². The fourth-order valence-corrected chi connectivity index (χ4v) is 2.08. The molecule has 2 amide bonds. The van der Waals surface area contributed by atoms with Gasteiger partial charge in [0.15, 0.2) is 0 Å². The number of nitrogens with zero attached hydrogens (tertiary/aromatic N) is 2. The van der Waals surface area contributed by atoms with Crippen LogP contribution in [0.5, 0.6) is 0 Å². The molecule has 4 N–H and O–H groups in total. The van der Waals surface area contributed by atoms with Gasteiger partial charge in [-0.25, -0.2) is 0 Å². The van der Waals surface area contributed by atoms with Gasteiger partial charge in [-0.2, -0.15) is 5.10 Å². The van der Waals surface area contributed by atoms with Gasteiger partial charge in [0.05, 0.1) is 11.4 Å². The first-order valence-electron chi connectivity index (χ1n) is 5.88. The van der Waals surface area contributed by atoms with E-state index in [1.54, 1.807) is 14.0 Å². The van der Waals surface area contributed by atoms with E-state index in [9.17, 15) is 9.59 Å². The summed E-state index contributed by atoms with van der Waals surface area (Å²) in [7, 11) is 1.65. The highest BCUT2D eigenvalue weighted by Gasteiger charge is 2.26. The molecular weight excluding hydrogens is 234 g/mol. The quantitative estimate of drug-likeness (QED) is 0.648. The summed E-state index contributed by atoms with van der Waals surface area (Å²) >= 11 is 0. The fourth-order valence-electron chi connectivity index (χ4n) is 2.08. The van der Waals surface area contributed by atoms with Gasteiger partial charge in [-0.3, -0.25) is 14.3 Å². The lowest BCUT2D eigenvalue weighted by atomic mass is 10.1. The van der Waals surface area contributed by atoms with Gasteiger partial charge in [0.25, 0.3) is 5.91 Å². The van der Waals surface area contributed by atoms with Crippen LogP contribution in [0.15, 0.2) is 0 Å². The highest BCUT2D eigenvalue weighted by atomic mass is 16.2. The Labute approximate surface area is 105 Å². The third-order valence-electron chi connectivity index (χ3n) is 3.07. The van der Waals surface area contributed by atoms with Crippen LogP contribution in [0.3, 0.4) is 0 Å². The minimum Gasteiger partial charge on any atom is -0.395 e. The molecule has 0 aliphatic carbocycles. The van der Waals surface area contributed by atoms with Crippen molar-refractivity contribution < 1.29 is 9.59 Å². The minimum absolute atomic E-state index is 0.146. The van der Waals surface area contributed by atoms with Crippen LogP contribution in [0.25, 0.3) is 0 Å². The van der Waals surface area contributed by atoms with E-state index in [4.69, 9.17) is 5.73 Å². The first-order chi connectivity index (χ1) is 8.50. The maximum Gasteiger partial charge on any atom is 0.272 e. The van der Waals surface area contributed by atoms with Crippen molar-refractivity contribution in [2.45, 2.75) is 25.8 Å². The average Bonchev–Trinajstić information content (AvgIpc) is 2.56. The summed E-state index contributed by atoms with van der Waals surface area (Å²) in [5, 5.41) is 9.48. The standard InChI is InChI=1S/C11H17N5O2/c1-6-8(12)9(16(2)15-6)11(18)14-7-4-3-5-13-10(7)17/h7H,3-5,12H2,1-2H3,(H,13,17)(H,14,18). The van der Waals surface area contributed by atoms with Crippen molar-refractivity contribution in [2.75, 3.05) is 12.3 Å². The fraction of sp³-hybridized carbons (Fsp3) is 0.545. The molecule has 2 heterocycles. The third-order valence-corrected chi connectivity index (χ3v) is 3.07. The van der Waals surface area contributed by atoms with E-state index in [2.05, 4.69) is 15.7 Å². The Kier molecular flexibility index (Phi) is 3.22. The molecule has 1 atom stereocenters. The smallest absolute Gasteiger partial charge is 0.272 e. The van der Waals surface area contributed by atoms with E-state index < -0.39 is 6.04 Å². The van der Waals surface area contributed by atoms with Crippen LogP contribution < -0.4 is 16.4 Å². The van der Waals surface area contributed by atoms with Crippen LogP contribution in [0, 0.1) is 6.92 Å². The maximum absolute atomic E-state index is 12.1. The highest BCUT2D eigenvalue weighted by molar-refractivity contribution is 6.00. The summed E-state index contributed by atoms with van der Waals surface area (Å²) in [5.74, 6) is -0.510. The maximum atomic E-state index is 12.1. The van der Waals surface area contributed by atoms with Crippen molar-refractivity contribution in [3.8, 4) is 0 Å². The van der Waals surface area contributed by atoms with Crippen LogP contribution in [-0.4, -0.2) is 34.2 Å². The number of hydrogen-bond donors (Lipinski definition) is 3. The van der Waals surface area contributed by atoms with E-state index in [1.807, 2.05) is 0 Å². The molecule has 1 aliphatic rings. The summed E-state index contributed by atoms with van der Waals surface area (Å²) in [5.41, 5.74) is 7.06. The number of nitrogens with one attached hydrogen (secondary N) is 2. The summed E-state index contributed by atoms with van der Waals surface area (Å²) < 4.78 is 1.43. The second kappa shape index (κ2) is 4.67. The molecule has 98 valence electrons. The third kappa shape index (κ3) is 2.15. The number of anilines is 1. The van der Waals surface area contributed by atoms with Gasteiger partial charge in [0, 0.05) is 13.6 Å². The van der Waals surface area contributed by atoms with Crippen LogP contribution >= 0.6 is 0 Å². The lowest BCUT2D eigenvalue weighted by Gasteiger charge is -2.22. The molecular formula is C11H17N5O2. The molecule has 0 bridgehead atoms. The molecule has 18 heavy (non-hydrogen) atoms. The van der Waals surface area contributed by atoms with Gasteiger partial charge < -0.3 is 16.4 Å². The Morgan fingerprint density at radius 1 is 1.61 bits per heavy atom. The number of aryl methyl sites for hydroxylation is 2. The van der Waals surface area contributed by atoms with Crippen LogP contribution in [-0.2, 0) is 11.8 Å². The summed E-state index contributed by atoms with van der Waals surface area (Å²) in [6.07, 6.45) is 1.50. The number of carbonyl (C=O) groups is 2. The average molecular weight is 251 g/mol. The Bertz CT molecular complexity index is 494. The van der Waals surface area contributed by atoms with Crippen molar-refractivity contribution in [3.63, 3.8) is 0 Å². The second-order valence-electron chi connectivity index (χ2n) is 4.43. The zero-order valence-corrected chi connectivity index (χ0v) is 10.5. The molecule has 0 saturated carbocycles. The predicted octanol–water partition coefficient (Wildman–Crippen LogP) is -0.681. The first kappa shape index (κ1) is 12.4. The summed E-state index contributed by atoms with van der Waals surface area (Å²) in [6, 6.07) is -0.485. The van der Waals surface area contributed by atoms with Gasteiger partial charge in [0.1, 0.15) is 11.7 Å². The zero-order valence-electron chi connectivity index (χ0n) is 10.5. The Morgan fingerprint density at radius 2 is 2.33 bits per heavy atom. The number of nitrogens with two attached hydrogens (primary N) is 1. The Balaban J connectivity index is 2.14. The van der Waals surface area contributed by atoms with Gasteiger partial charge in [-0.15, -0.1) is 0 Å². The molecule has 1 saturated heterocycles. The molecule has 7 heteroatoms. The molecule has 2 rings (SSSR count). The molecule has 1 unspecified atom stereocenters.